The highest BCUT2D eigenvalue weighted by Crippen LogP contribution is 2.24. The van der Waals surface area contributed by atoms with Crippen LogP contribution in [0.2, 0.25) is 5.15 Å². The van der Waals surface area contributed by atoms with Crippen molar-refractivity contribution in [2.45, 2.75) is 18.9 Å². The third kappa shape index (κ3) is 3.12. The predicted molar refractivity (Wildman–Crippen MR) is 59.1 cm³/mol. The molecule has 1 rings (SSSR count). The Hall–Kier alpha value is -0.320. The maximum Gasteiger partial charge on any atom is 0.136 e. The molecule has 0 fully saturated rings. The Morgan fingerprint density at radius 1 is 1.36 bits per heavy atom. The van der Waals surface area contributed by atoms with Crippen LogP contribution in [-0.4, -0.2) is 29.4 Å². The third-order valence-corrected chi connectivity index (χ3v) is 3.09. The summed E-state index contributed by atoms with van der Waals surface area (Å²) in [6, 6.07) is 0. The van der Waals surface area contributed by atoms with Gasteiger partial charge in [0.2, 0.25) is 0 Å². The average molecular weight is 233 g/mol. The summed E-state index contributed by atoms with van der Waals surface area (Å²) in [7, 11) is 1.69. The minimum absolute atomic E-state index is 0.539. The van der Waals surface area contributed by atoms with E-state index in [0.717, 1.165) is 16.3 Å². The molecular formula is C9H13ClN2OS. The second-order valence-electron chi connectivity index (χ2n) is 2.83. The number of aromatic nitrogens is 2. The summed E-state index contributed by atoms with van der Waals surface area (Å²) >= 11 is 7.58. The van der Waals surface area contributed by atoms with Crippen molar-refractivity contribution < 1.29 is 4.74 Å². The molecule has 5 heteroatoms. The van der Waals surface area contributed by atoms with E-state index in [-0.39, 0.29) is 0 Å². The molecular weight excluding hydrogens is 220 g/mol. The number of nitrogens with zero attached hydrogens (tertiary/aromatic N) is 2. The zero-order valence-electron chi connectivity index (χ0n) is 8.50. The van der Waals surface area contributed by atoms with Crippen LogP contribution in [0.5, 0.6) is 0 Å². The van der Waals surface area contributed by atoms with Crippen LogP contribution in [0.15, 0.2) is 5.03 Å². The highest BCUT2D eigenvalue weighted by molar-refractivity contribution is 7.99. The first-order valence-corrected chi connectivity index (χ1v) is 5.64. The first-order valence-electron chi connectivity index (χ1n) is 4.27. The largest absolute Gasteiger partial charge is 0.384 e. The van der Waals surface area contributed by atoms with Crippen molar-refractivity contribution in [1.29, 1.82) is 0 Å². The number of hydrogen-bond donors (Lipinski definition) is 0. The molecule has 0 aliphatic rings. The molecule has 0 spiro atoms. The summed E-state index contributed by atoms with van der Waals surface area (Å²) in [6.45, 7) is 4.48. The summed E-state index contributed by atoms with van der Waals surface area (Å²) < 4.78 is 4.97. The molecule has 0 aliphatic carbocycles. The van der Waals surface area contributed by atoms with Crippen molar-refractivity contribution >= 4 is 23.4 Å². The van der Waals surface area contributed by atoms with Gasteiger partial charge in [0.1, 0.15) is 16.0 Å². The van der Waals surface area contributed by atoms with Crippen LogP contribution in [0.1, 0.15) is 11.4 Å². The van der Waals surface area contributed by atoms with Gasteiger partial charge in [0.25, 0.3) is 0 Å². The van der Waals surface area contributed by atoms with E-state index in [1.807, 2.05) is 13.8 Å². The van der Waals surface area contributed by atoms with Crippen molar-refractivity contribution in [3.63, 3.8) is 0 Å². The van der Waals surface area contributed by atoms with E-state index in [2.05, 4.69) is 9.97 Å². The van der Waals surface area contributed by atoms with E-state index in [1.165, 1.54) is 0 Å². The van der Waals surface area contributed by atoms with Crippen molar-refractivity contribution in [2.24, 2.45) is 0 Å². The van der Waals surface area contributed by atoms with Crippen molar-refractivity contribution in [1.82, 2.24) is 9.97 Å². The monoisotopic (exact) mass is 232 g/mol. The van der Waals surface area contributed by atoms with E-state index >= 15 is 0 Å². The quantitative estimate of drug-likeness (QED) is 0.454. The Kier molecular flexibility index (Phi) is 4.65. The van der Waals surface area contributed by atoms with Crippen molar-refractivity contribution in [2.75, 3.05) is 19.5 Å². The number of halogens is 1. The van der Waals surface area contributed by atoms with Crippen LogP contribution >= 0.6 is 23.4 Å². The number of methoxy groups -OCH3 is 1. The van der Waals surface area contributed by atoms with Crippen LogP contribution in [0, 0.1) is 13.8 Å². The molecule has 0 amide bonds. The molecule has 1 aromatic heterocycles. The normalized spacial score (nSPS) is 10.6. The highest BCUT2D eigenvalue weighted by Gasteiger charge is 2.07. The predicted octanol–water partition coefficient (Wildman–Crippen LogP) is 2.49. The van der Waals surface area contributed by atoms with Gasteiger partial charge in [0.15, 0.2) is 0 Å². The van der Waals surface area contributed by atoms with Crippen LogP contribution in [0.3, 0.4) is 0 Å². The standard InChI is InChI=1S/C9H13ClN2OS/c1-6-8(10)11-7(2)12-9(6)14-5-4-13-3/h4-5H2,1-3H3. The van der Waals surface area contributed by atoms with Crippen LogP contribution in [0.25, 0.3) is 0 Å². The van der Waals surface area contributed by atoms with Gasteiger partial charge in [0, 0.05) is 18.4 Å². The second kappa shape index (κ2) is 5.53. The fraction of sp³-hybridized carbons (Fsp3) is 0.556. The van der Waals surface area contributed by atoms with E-state index in [4.69, 9.17) is 16.3 Å². The molecule has 0 unspecified atom stereocenters. The Balaban J connectivity index is 2.75. The van der Waals surface area contributed by atoms with E-state index in [1.54, 1.807) is 18.9 Å². The summed E-state index contributed by atoms with van der Waals surface area (Å²) in [5, 5.41) is 1.48. The summed E-state index contributed by atoms with van der Waals surface area (Å²) in [5.41, 5.74) is 0.943. The molecule has 0 bridgehead atoms. The van der Waals surface area contributed by atoms with Gasteiger partial charge >= 0.3 is 0 Å². The molecule has 78 valence electrons. The van der Waals surface area contributed by atoms with Crippen molar-refractivity contribution in [3.8, 4) is 0 Å². The summed E-state index contributed by atoms with van der Waals surface area (Å²) in [5.74, 6) is 1.59. The number of thioether (sulfide) groups is 1. The SMILES string of the molecule is COCCSc1nc(C)nc(Cl)c1C. The minimum atomic E-state index is 0.539. The number of hydrogen-bond acceptors (Lipinski definition) is 4. The van der Waals surface area contributed by atoms with Gasteiger partial charge < -0.3 is 4.74 Å². The van der Waals surface area contributed by atoms with E-state index in [9.17, 15) is 0 Å². The second-order valence-corrected chi connectivity index (χ2v) is 4.27. The maximum absolute atomic E-state index is 5.94. The number of rotatable bonds is 4. The van der Waals surface area contributed by atoms with Gasteiger partial charge in [-0.05, 0) is 13.8 Å². The fourth-order valence-electron chi connectivity index (χ4n) is 0.932. The maximum atomic E-state index is 5.94. The first kappa shape index (κ1) is 11.8. The van der Waals surface area contributed by atoms with Gasteiger partial charge in [-0.15, -0.1) is 11.8 Å². The Labute approximate surface area is 93.2 Å². The van der Waals surface area contributed by atoms with Crippen LogP contribution in [0.4, 0.5) is 0 Å². The van der Waals surface area contributed by atoms with Crippen LogP contribution in [-0.2, 0) is 4.74 Å². The Morgan fingerprint density at radius 3 is 2.71 bits per heavy atom. The lowest BCUT2D eigenvalue weighted by Crippen LogP contribution is -1.98. The molecule has 0 saturated carbocycles. The topological polar surface area (TPSA) is 35.0 Å². The molecule has 0 saturated heterocycles. The first-order chi connectivity index (χ1) is 6.65. The van der Waals surface area contributed by atoms with Gasteiger partial charge in [-0.2, -0.15) is 0 Å². The molecule has 0 N–H and O–H groups in total. The lowest BCUT2D eigenvalue weighted by atomic mass is 10.4. The van der Waals surface area contributed by atoms with Gasteiger partial charge in [-0.1, -0.05) is 11.6 Å². The minimum Gasteiger partial charge on any atom is -0.384 e. The molecule has 14 heavy (non-hydrogen) atoms. The Morgan fingerprint density at radius 2 is 2.07 bits per heavy atom. The number of ether oxygens (including phenoxy) is 1. The third-order valence-electron chi connectivity index (χ3n) is 1.68. The molecule has 0 atom stereocenters. The summed E-state index contributed by atoms with van der Waals surface area (Å²) in [6.07, 6.45) is 0. The molecule has 1 heterocycles. The van der Waals surface area contributed by atoms with E-state index in [0.29, 0.717) is 17.6 Å². The van der Waals surface area contributed by atoms with Crippen LogP contribution < -0.4 is 0 Å². The van der Waals surface area contributed by atoms with Gasteiger partial charge in [0.05, 0.1) is 6.61 Å². The average Bonchev–Trinajstić information content (AvgIpc) is 2.13. The van der Waals surface area contributed by atoms with Gasteiger partial charge in [-0.3, -0.25) is 0 Å². The molecule has 1 aromatic rings. The number of aryl methyl sites for hydroxylation is 1. The molecule has 0 aromatic carbocycles. The molecule has 0 aliphatic heterocycles. The fourth-order valence-corrected chi connectivity index (χ4v) is 2.15. The Bertz CT molecular complexity index is 320. The summed E-state index contributed by atoms with van der Waals surface area (Å²) in [4.78, 5) is 8.39. The zero-order chi connectivity index (χ0) is 10.6. The molecule has 3 nitrogen and oxygen atoms in total. The zero-order valence-corrected chi connectivity index (χ0v) is 10.1. The molecule has 0 radical (unpaired) electrons. The lowest BCUT2D eigenvalue weighted by Gasteiger charge is -2.06. The van der Waals surface area contributed by atoms with Crippen molar-refractivity contribution in [3.05, 3.63) is 16.5 Å². The lowest BCUT2D eigenvalue weighted by molar-refractivity contribution is 0.218. The van der Waals surface area contributed by atoms with E-state index < -0.39 is 0 Å². The smallest absolute Gasteiger partial charge is 0.136 e. The highest BCUT2D eigenvalue weighted by atomic mass is 35.5. The van der Waals surface area contributed by atoms with Gasteiger partial charge in [-0.25, -0.2) is 9.97 Å².